The third kappa shape index (κ3) is 11.9. The van der Waals surface area contributed by atoms with E-state index in [1.54, 1.807) is 0 Å². The van der Waals surface area contributed by atoms with Gasteiger partial charge in [-0.1, -0.05) is 32.9 Å². The lowest BCUT2D eigenvalue weighted by molar-refractivity contribution is 0.466. The van der Waals surface area contributed by atoms with E-state index in [4.69, 9.17) is 0 Å². The van der Waals surface area contributed by atoms with Gasteiger partial charge in [-0.15, -0.1) is 0 Å². The molecule has 0 unspecified atom stereocenters. The first-order chi connectivity index (χ1) is 5.92. The quantitative estimate of drug-likeness (QED) is 0.367. The smallest absolute Gasteiger partial charge is 0.0385 e. The molecular formula is C11H25NSi. The molecule has 0 aromatic carbocycles. The van der Waals surface area contributed by atoms with E-state index in [1.807, 2.05) is 0 Å². The van der Waals surface area contributed by atoms with E-state index in [1.165, 1.54) is 24.2 Å². The van der Waals surface area contributed by atoms with Crippen molar-refractivity contribution in [1.82, 2.24) is 0 Å². The molecule has 0 radical (unpaired) electrons. The predicted octanol–water partition coefficient (Wildman–Crippen LogP) is 2.91. The Kier molecular flexibility index (Phi) is 6.30. The largest absolute Gasteiger partial charge is 0.295 e. The maximum atomic E-state index is 4.40. The number of rotatable bonds is 5. The predicted molar refractivity (Wildman–Crippen MR) is 65.9 cm³/mol. The van der Waals surface area contributed by atoms with Gasteiger partial charge in [-0.3, -0.25) is 4.99 Å². The first kappa shape index (κ1) is 12.9. The Morgan fingerprint density at radius 1 is 1.23 bits per heavy atom. The van der Waals surface area contributed by atoms with Crippen molar-refractivity contribution >= 4 is 15.2 Å². The Morgan fingerprint density at radius 3 is 2.31 bits per heavy atom. The minimum atomic E-state index is 0.193. The van der Waals surface area contributed by atoms with Gasteiger partial charge in [0.25, 0.3) is 0 Å². The minimum absolute atomic E-state index is 0.193. The van der Waals surface area contributed by atoms with Crippen LogP contribution in [0, 0.1) is 5.41 Å². The van der Waals surface area contributed by atoms with E-state index in [0.29, 0.717) is 5.41 Å². The molecule has 0 amide bonds. The van der Waals surface area contributed by atoms with Crippen LogP contribution in [0.3, 0.4) is 0 Å². The Balaban J connectivity index is 3.23. The number of aliphatic imine (C=N–C) groups is 1. The molecule has 0 aromatic heterocycles. The summed E-state index contributed by atoms with van der Waals surface area (Å²) in [7, 11) is 0.193. The minimum Gasteiger partial charge on any atom is -0.295 e. The summed E-state index contributed by atoms with van der Waals surface area (Å²) in [5.41, 5.74) is 1.79. The highest BCUT2D eigenvalue weighted by Gasteiger charge is 2.08. The van der Waals surface area contributed by atoms with Crippen molar-refractivity contribution in [3.8, 4) is 0 Å². The molecule has 0 heterocycles. The monoisotopic (exact) mass is 199 g/mol. The summed E-state index contributed by atoms with van der Waals surface area (Å²) in [5, 5.41) is 0. The number of nitrogens with zero attached hydrogens (tertiary/aromatic N) is 1. The third-order valence-electron chi connectivity index (χ3n) is 2.01. The fourth-order valence-electron chi connectivity index (χ4n) is 1.25. The van der Waals surface area contributed by atoms with Gasteiger partial charge in [0.2, 0.25) is 0 Å². The fraction of sp³-hybridized carbons (Fsp3) is 0.909. The van der Waals surface area contributed by atoms with Crippen LogP contribution in [0.5, 0.6) is 0 Å². The van der Waals surface area contributed by atoms with Crippen molar-refractivity contribution < 1.29 is 0 Å². The van der Waals surface area contributed by atoms with Crippen molar-refractivity contribution in [2.45, 2.75) is 53.1 Å². The second kappa shape index (κ2) is 6.36. The number of hydrogen-bond donors (Lipinski definition) is 0. The van der Waals surface area contributed by atoms with Crippen molar-refractivity contribution in [2.75, 3.05) is 6.54 Å². The first-order valence-electron chi connectivity index (χ1n) is 5.39. The van der Waals surface area contributed by atoms with Gasteiger partial charge in [0.05, 0.1) is 0 Å². The SMILES string of the molecule is CC(C)=NCCC[SiH2]CC(C)(C)C. The lowest BCUT2D eigenvalue weighted by atomic mass is 10.0. The van der Waals surface area contributed by atoms with E-state index in [0.717, 1.165) is 6.54 Å². The second-order valence-electron chi connectivity index (χ2n) is 5.20. The highest BCUT2D eigenvalue weighted by Crippen LogP contribution is 2.19. The molecular weight excluding hydrogens is 174 g/mol. The molecule has 0 saturated heterocycles. The first-order valence-corrected chi connectivity index (χ1v) is 7.39. The van der Waals surface area contributed by atoms with Crippen LogP contribution < -0.4 is 0 Å². The van der Waals surface area contributed by atoms with Crippen LogP contribution in [-0.2, 0) is 0 Å². The molecule has 0 N–H and O–H groups in total. The maximum absolute atomic E-state index is 4.40. The van der Waals surface area contributed by atoms with Gasteiger partial charge in [0.1, 0.15) is 0 Å². The van der Waals surface area contributed by atoms with Crippen LogP contribution in [0.4, 0.5) is 0 Å². The van der Waals surface area contributed by atoms with Crippen LogP contribution in [0.1, 0.15) is 41.0 Å². The summed E-state index contributed by atoms with van der Waals surface area (Å²) >= 11 is 0. The molecule has 0 fully saturated rings. The van der Waals surface area contributed by atoms with Crippen LogP contribution in [0.2, 0.25) is 12.1 Å². The van der Waals surface area contributed by atoms with E-state index in [2.05, 4.69) is 39.6 Å². The molecule has 78 valence electrons. The van der Waals surface area contributed by atoms with Crippen molar-refractivity contribution in [2.24, 2.45) is 10.4 Å². The molecule has 0 aliphatic rings. The van der Waals surface area contributed by atoms with E-state index in [9.17, 15) is 0 Å². The van der Waals surface area contributed by atoms with Gasteiger partial charge in [-0.25, -0.2) is 0 Å². The fourth-order valence-corrected chi connectivity index (χ4v) is 3.13. The zero-order valence-corrected chi connectivity index (χ0v) is 11.4. The Hall–Kier alpha value is -0.113. The Bertz CT molecular complexity index is 152. The van der Waals surface area contributed by atoms with Crippen LogP contribution in [0.25, 0.3) is 0 Å². The average molecular weight is 199 g/mol. The third-order valence-corrected chi connectivity index (χ3v) is 4.87. The molecule has 0 spiro atoms. The molecule has 0 saturated carbocycles. The molecule has 0 aliphatic heterocycles. The normalized spacial score (nSPS) is 12.4. The standard InChI is InChI=1S/C11H25NSi/c1-10(2)12-7-6-8-13-9-11(3,4)5/h6-9,13H2,1-5H3. The molecule has 0 aromatic rings. The van der Waals surface area contributed by atoms with Crippen LogP contribution in [-0.4, -0.2) is 21.8 Å². The van der Waals surface area contributed by atoms with E-state index < -0.39 is 0 Å². The summed E-state index contributed by atoms with van der Waals surface area (Å²) in [5.74, 6) is 0. The summed E-state index contributed by atoms with van der Waals surface area (Å²) in [6.07, 6.45) is 1.31. The second-order valence-corrected chi connectivity index (χ2v) is 7.11. The molecule has 13 heavy (non-hydrogen) atoms. The highest BCUT2D eigenvalue weighted by molar-refractivity contribution is 6.35. The lowest BCUT2D eigenvalue weighted by Crippen LogP contribution is -2.08. The van der Waals surface area contributed by atoms with Gasteiger partial charge in [-0.2, -0.15) is 0 Å². The van der Waals surface area contributed by atoms with Crippen molar-refractivity contribution in [3.05, 3.63) is 0 Å². The summed E-state index contributed by atoms with van der Waals surface area (Å²) in [6.45, 7) is 12.2. The summed E-state index contributed by atoms with van der Waals surface area (Å²) < 4.78 is 0. The molecule has 1 nitrogen and oxygen atoms in total. The van der Waals surface area contributed by atoms with Crippen LogP contribution >= 0.6 is 0 Å². The molecule has 2 heteroatoms. The molecule has 0 bridgehead atoms. The van der Waals surface area contributed by atoms with Gasteiger partial charge < -0.3 is 0 Å². The van der Waals surface area contributed by atoms with Gasteiger partial charge >= 0.3 is 0 Å². The van der Waals surface area contributed by atoms with E-state index >= 15 is 0 Å². The van der Waals surface area contributed by atoms with Crippen molar-refractivity contribution in [1.29, 1.82) is 0 Å². The molecule has 0 rings (SSSR count). The topological polar surface area (TPSA) is 12.4 Å². The van der Waals surface area contributed by atoms with E-state index in [-0.39, 0.29) is 9.52 Å². The van der Waals surface area contributed by atoms with Gasteiger partial charge in [0.15, 0.2) is 0 Å². The zero-order valence-electron chi connectivity index (χ0n) is 9.98. The average Bonchev–Trinajstić information content (AvgIpc) is 1.93. The van der Waals surface area contributed by atoms with Gasteiger partial charge in [0, 0.05) is 21.8 Å². The molecule has 0 aliphatic carbocycles. The summed E-state index contributed by atoms with van der Waals surface area (Å²) in [4.78, 5) is 4.40. The highest BCUT2D eigenvalue weighted by atomic mass is 28.2. The lowest BCUT2D eigenvalue weighted by Gasteiger charge is -2.16. The maximum Gasteiger partial charge on any atom is 0.0385 e. The van der Waals surface area contributed by atoms with Crippen LogP contribution in [0.15, 0.2) is 4.99 Å². The zero-order chi connectivity index (χ0) is 10.3. The summed E-state index contributed by atoms with van der Waals surface area (Å²) in [6, 6.07) is 2.94. The number of hydrogen-bond acceptors (Lipinski definition) is 1. The van der Waals surface area contributed by atoms with Crippen molar-refractivity contribution in [3.63, 3.8) is 0 Å². The Labute approximate surface area is 85.9 Å². The Morgan fingerprint density at radius 2 is 1.85 bits per heavy atom. The van der Waals surface area contributed by atoms with Gasteiger partial charge in [-0.05, 0) is 25.7 Å². The molecule has 0 atom stereocenters.